The molecule has 4 aromatic rings. The minimum absolute atomic E-state index is 0.184. The maximum Gasteiger partial charge on any atom is 0.259 e. The SMILES string of the molecule is CC.Cc1ccc2c(n1)C1=C(C=C(C(=O)Nc3c(C)cccc3C#N)C1)CCN2C(=O)c1ccc(NC(=O)c2ccc(C)nc2N2CC3(CCOCC3)C2)cc1. The van der Waals surface area contributed by atoms with Crippen molar-refractivity contribution in [2.45, 2.75) is 60.3 Å². The average Bonchev–Trinajstić information content (AvgIpc) is 3.57. The minimum Gasteiger partial charge on any atom is -0.381 e. The zero-order chi connectivity index (χ0) is 39.6. The maximum absolute atomic E-state index is 14.1. The van der Waals surface area contributed by atoms with Crippen LogP contribution < -0.4 is 20.4 Å². The first-order chi connectivity index (χ1) is 27.1. The molecule has 0 radical (unpaired) electrons. The van der Waals surface area contributed by atoms with Gasteiger partial charge in [-0.25, -0.2) is 4.98 Å². The lowest BCUT2D eigenvalue weighted by Gasteiger charge is -2.53. The van der Waals surface area contributed by atoms with Gasteiger partial charge >= 0.3 is 0 Å². The summed E-state index contributed by atoms with van der Waals surface area (Å²) >= 11 is 0. The molecule has 2 N–H and O–H groups in total. The molecule has 1 aliphatic carbocycles. The van der Waals surface area contributed by atoms with Gasteiger partial charge in [0.15, 0.2) is 0 Å². The van der Waals surface area contributed by atoms with Crippen LogP contribution in [-0.2, 0) is 9.53 Å². The Morgan fingerprint density at radius 1 is 0.857 bits per heavy atom. The molecule has 0 atom stereocenters. The Morgan fingerprint density at radius 2 is 1.57 bits per heavy atom. The summed E-state index contributed by atoms with van der Waals surface area (Å²) in [6.45, 7) is 13.4. The van der Waals surface area contributed by atoms with Gasteiger partial charge in [0.25, 0.3) is 17.7 Å². The summed E-state index contributed by atoms with van der Waals surface area (Å²) in [7, 11) is 0. The highest BCUT2D eigenvalue weighted by Crippen LogP contribution is 2.44. The molecule has 2 fully saturated rings. The topological polar surface area (TPSA) is 141 Å². The van der Waals surface area contributed by atoms with Gasteiger partial charge in [0.2, 0.25) is 0 Å². The Balaban J connectivity index is 0.00000237. The summed E-state index contributed by atoms with van der Waals surface area (Å²) in [6.07, 6.45) is 4.84. The predicted molar refractivity (Wildman–Crippen MR) is 219 cm³/mol. The number of nitriles is 1. The molecule has 2 aromatic heterocycles. The van der Waals surface area contributed by atoms with Gasteiger partial charge in [-0.05, 0) is 117 Å². The Kier molecular flexibility index (Phi) is 10.9. The summed E-state index contributed by atoms with van der Waals surface area (Å²) in [5.74, 6) is -0.000537. The predicted octanol–water partition coefficient (Wildman–Crippen LogP) is 7.94. The molecule has 286 valence electrons. The van der Waals surface area contributed by atoms with E-state index in [4.69, 9.17) is 14.7 Å². The number of hydrogen-bond acceptors (Lipinski definition) is 8. The van der Waals surface area contributed by atoms with Crippen LogP contribution in [-0.4, -0.2) is 60.5 Å². The number of rotatable bonds is 6. The van der Waals surface area contributed by atoms with E-state index in [1.807, 2.05) is 71.0 Å². The van der Waals surface area contributed by atoms with Crippen LogP contribution in [0.2, 0.25) is 0 Å². The van der Waals surface area contributed by atoms with E-state index in [0.29, 0.717) is 70.2 Å². The van der Waals surface area contributed by atoms with Gasteiger partial charge in [-0.15, -0.1) is 0 Å². The summed E-state index contributed by atoms with van der Waals surface area (Å²) in [5, 5.41) is 15.6. The minimum atomic E-state index is -0.262. The number of aryl methyl sites for hydroxylation is 3. The molecule has 8 rings (SSSR count). The molecular formula is C45H47N7O4. The molecule has 4 aliphatic rings. The number of hydrogen-bond donors (Lipinski definition) is 2. The number of pyridine rings is 2. The number of carbonyl (C=O) groups is 3. The fourth-order valence-electron chi connectivity index (χ4n) is 7.98. The van der Waals surface area contributed by atoms with Crippen molar-refractivity contribution in [3.05, 3.63) is 123 Å². The molecule has 1 spiro atoms. The van der Waals surface area contributed by atoms with Gasteiger partial charge < -0.3 is 25.2 Å². The van der Waals surface area contributed by atoms with E-state index >= 15 is 0 Å². The van der Waals surface area contributed by atoms with Crippen molar-refractivity contribution in [1.29, 1.82) is 5.26 Å². The first-order valence-corrected chi connectivity index (χ1v) is 19.4. The van der Waals surface area contributed by atoms with Gasteiger partial charge in [0, 0.05) is 72.9 Å². The second-order valence-electron chi connectivity index (χ2n) is 14.8. The molecule has 2 saturated heterocycles. The molecule has 0 bridgehead atoms. The van der Waals surface area contributed by atoms with Crippen LogP contribution >= 0.6 is 0 Å². The molecule has 3 aliphatic heterocycles. The number of amides is 3. The quantitative estimate of drug-likeness (QED) is 0.203. The Hall–Kier alpha value is -6.12. The molecule has 0 saturated carbocycles. The first-order valence-electron chi connectivity index (χ1n) is 19.4. The molecule has 56 heavy (non-hydrogen) atoms. The van der Waals surface area contributed by atoms with Gasteiger partial charge in [-0.1, -0.05) is 26.0 Å². The van der Waals surface area contributed by atoms with Crippen LogP contribution in [0.4, 0.5) is 22.9 Å². The van der Waals surface area contributed by atoms with Crippen molar-refractivity contribution >= 4 is 46.2 Å². The van der Waals surface area contributed by atoms with E-state index < -0.39 is 0 Å². The normalized spacial score (nSPS) is 16.6. The van der Waals surface area contributed by atoms with E-state index in [1.165, 1.54) is 0 Å². The third-order valence-corrected chi connectivity index (χ3v) is 11.0. The smallest absolute Gasteiger partial charge is 0.259 e. The summed E-state index contributed by atoms with van der Waals surface area (Å²) < 4.78 is 5.57. The fraction of sp³-hybridized carbons (Fsp3) is 0.333. The Labute approximate surface area is 328 Å². The molecule has 3 amide bonds. The van der Waals surface area contributed by atoms with Crippen LogP contribution in [0, 0.1) is 37.5 Å². The number of para-hydroxylation sites is 1. The van der Waals surface area contributed by atoms with Crippen molar-refractivity contribution in [2.24, 2.45) is 5.41 Å². The molecular weight excluding hydrogens is 703 g/mol. The van der Waals surface area contributed by atoms with Gasteiger partial charge in [-0.2, -0.15) is 5.26 Å². The third-order valence-electron chi connectivity index (χ3n) is 11.0. The number of allylic oxidation sites excluding steroid dienone is 2. The largest absolute Gasteiger partial charge is 0.381 e. The number of anilines is 4. The lowest BCUT2D eigenvalue weighted by atomic mass is 9.73. The highest BCUT2D eigenvalue weighted by atomic mass is 16.5. The maximum atomic E-state index is 14.1. The van der Waals surface area contributed by atoms with Crippen LogP contribution in [0.3, 0.4) is 0 Å². The summed E-state index contributed by atoms with van der Waals surface area (Å²) in [4.78, 5) is 54.8. The number of fused-ring (bicyclic) bond motifs is 2. The molecule has 11 heteroatoms. The highest BCUT2D eigenvalue weighted by molar-refractivity contribution is 6.11. The van der Waals surface area contributed by atoms with E-state index in [2.05, 4.69) is 21.6 Å². The monoisotopic (exact) mass is 749 g/mol. The fourth-order valence-corrected chi connectivity index (χ4v) is 7.98. The van der Waals surface area contributed by atoms with Crippen LogP contribution in [0.25, 0.3) is 5.57 Å². The van der Waals surface area contributed by atoms with E-state index in [-0.39, 0.29) is 23.1 Å². The van der Waals surface area contributed by atoms with Gasteiger partial charge in [0.1, 0.15) is 11.9 Å². The number of carbonyl (C=O) groups excluding carboxylic acids is 3. The average molecular weight is 750 g/mol. The molecule has 5 heterocycles. The van der Waals surface area contributed by atoms with Gasteiger partial charge in [-0.3, -0.25) is 19.4 Å². The summed E-state index contributed by atoms with van der Waals surface area (Å²) in [6, 6.07) is 21.9. The van der Waals surface area contributed by atoms with E-state index in [0.717, 1.165) is 67.2 Å². The van der Waals surface area contributed by atoms with Crippen molar-refractivity contribution in [3.63, 3.8) is 0 Å². The second-order valence-corrected chi connectivity index (χ2v) is 14.8. The Bertz CT molecular complexity index is 2310. The third kappa shape index (κ3) is 7.45. The van der Waals surface area contributed by atoms with Crippen molar-refractivity contribution in [2.75, 3.05) is 53.3 Å². The number of benzene rings is 2. The number of nitrogens with one attached hydrogen (secondary N) is 2. The first kappa shape index (κ1) is 38.2. The van der Waals surface area contributed by atoms with E-state index in [9.17, 15) is 19.6 Å². The van der Waals surface area contributed by atoms with E-state index in [1.54, 1.807) is 41.3 Å². The van der Waals surface area contributed by atoms with Crippen LogP contribution in [0.5, 0.6) is 0 Å². The second kappa shape index (κ2) is 15.9. The molecule has 11 nitrogen and oxygen atoms in total. The van der Waals surface area contributed by atoms with Crippen LogP contribution in [0.15, 0.2) is 84.0 Å². The molecule has 0 unspecified atom stereocenters. The summed E-state index contributed by atoms with van der Waals surface area (Å²) in [5.41, 5.74) is 9.02. The van der Waals surface area contributed by atoms with Gasteiger partial charge in [0.05, 0.1) is 28.2 Å². The highest BCUT2D eigenvalue weighted by Gasteiger charge is 2.45. The lowest BCUT2D eigenvalue weighted by Crippen LogP contribution is -2.59. The standard InChI is InChI=1S/C43H41N7O4.C2H6/c1-26-5-4-6-31(23-44)37(26)48-40(51)32-21-30-15-18-50(36-14-8-27(2)45-38(36)35(30)22-32)42(53)29-9-11-33(12-10-29)47-41(52)34-13-7-28(3)46-39(34)49-24-43(25-49)16-19-54-20-17-43;1-2/h4-14,21H,15-20,22,24-25H2,1-3H3,(H,47,52)(H,48,51);1-2H3. The van der Waals surface area contributed by atoms with Crippen molar-refractivity contribution < 1.29 is 19.1 Å². The molecule has 2 aromatic carbocycles. The number of nitrogens with zero attached hydrogens (tertiary/aromatic N) is 5. The zero-order valence-electron chi connectivity index (χ0n) is 32.7. The zero-order valence-corrected chi connectivity index (χ0v) is 32.7. The number of ether oxygens (including phenoxy) is 1. The van der Waals surface area contributed by atoms with Crippen molar-refractivity contribution in [3.8, 4) is 6.07 Å². The Morgan fingerprint density at radius 3 is 2.30 bits per heavy atom. The number of aromatic nitrogens is 2. The van der Waals surface area contributed by atoms with Crippen molar-refractivity contribution in [1.82, 2.24) is 9.97 Å². The van der Waals surface area contributed by atoms with Crippen LogP contribution in [0.1, 0.15) is 88.5 Å². The lowest BCUT2D eigenvalue weighted by molar-refractivity contribution is -0.112.